The molecule has 3 heterocycles. The average Bonchev–Trinajstić information content (AvgIpc) is 3.28. The van der Waals surface area contributed by atoms with E-state index in [9.17, 15) is 9.59 Å². The monoisotopic (exact) mass is 489 g/mol. The first-order valence-corrected chi connectivity index (χ1v) is 13.1. The molecule has 4 fully saturated rings. The first kappa shape index (κ1) is 23.5. The average molecular weight is 490 g/mol. The number of ether oxygens (including phenoxy) is 1. The SMILES string of the molecule is CC1(NC(=O)c2cccc(CN3C(=O)N(c4ccc(C5CNNC5)cc4)CC34CCOCC4)c2)CC1. The molecule has 3 aliphatic heterocycles. The van der Waals surface area contributed by atoms with Gasteiger partial charge < -0.3 is 15.0 Å². The van der Waals surface area contributed by atoms with Gasteiger partial charge in [0.1, 0.15) is 0 Å². The van der Waals surface area contributed by atoms with Crippen molar-refractivity contribution in [1.29, 1.82) is 0 Å². The largest absolute Gasteiger partial charge is 0.381 e. The molecular formula is C28H35N5O3. The third-order valence-electron chi connectivity index (χ3n) is 8.35. The molecule has 0 radical (unpaired) electrons. The zero-order chi connectivity index (χ0) is 24.8. The summed E-state index contributed by atoms with van der Waals surface area (Å²) in [6.07, 6.45) is 3.67. The number of hydrogen-bond acceptors (Lipinski definition) is 5. The number of amides is 3. The maximum Gasteiger partial charge on any atom is 0.325 e. The number of hydrogen-bond donors (Lipinski definition) is 3. The summed E-state index contributed by atoms with van der Waals surface area (Å²) in [7, 11) is 0. The van der Waals surface area contributed by atoms with Crippen molar-refractivity contribution in [3.8, 4) is 0 Å². The van der Waals surface area contributed by atoms with Gasteiger partial charge in [-0.25, -0.2) is 4.79 Å². The zero-order valence-electron chi connectivity index (χ0n) is 20.9. The number of carbonyl (C=O) groups excluding carboxylic acids is 2. The van der Waals surface area contributed by atoms with Gasteiger partial charge in [-0.1, -0.05) is 24.3 Å². The first-order valence-electron chi connectivity index (χ1n) is 13.1. The highest BCUT2D eigenvalue weighted by atomic mass is 16.5. The highest BCUT2D eigenvalue weighted by Crippen LogP contribution is 2.39. The molecule has 0 bridgehead atoms. The van der Waals surface area contributed by atoms with Crippen molar-refractivity contribution in [2.45, 2.75) is 56.1 Å². The van der Waals surface area contributed by atoms with Crippen LogP contribution in [0.3, 0.4) is 0 Å². The van der Waals surface area contributed by atoms with E-state index in [0.717, 1.165) is 50.0 Å². The predicted octanol–water partition coefficient (Wildman–Crippen LogP) is 3.15. The Labute approximate surface area is 212 Å². The summed E-state index contributed by atoms with van der Waals surface area (Å²) in [5.74, 6) is 0.401. The summed E-state index contributed by atoms with van der Waals surface area (Å²) in [5.41, 5.74) is 9.86. The second-order valence-electron chi connectivity index (χ2n) is 11.1. The molecule has 0 aromatic heterocycles. The Morgan fingerprint density at radius 1 is 1.06 bits per heavy atom. The number of urea groups is 1. The molecule has 4 aliphatic rings. The van der Waals surface area contributed by atoms with E-state index in [2.05, 4.69) is 47.4 Å². The van der Waals surface area contributed by atoms with E-state index in [4.69, 9.17) is 4.74 Å². The number of hydrazine groups is 1. The van der Waals surface area contributed by atoms with Gasteiger partial charge in [0.2, 0.25) is 0 Å². The topological polar surface area (TPSA) is 85.9 Å². The van der Waals surface area contributed by atoms with Gasteiger partial charge in [-0.05, 0) is 68.0 Å². The molecule has 0 atom stereocenters. The Morgan fingerprint density at radius 2 is 1.78 bits per heavy atom. The van der Waals surface area contributed by atoms with Gasteiger partial charge in [0.15, 0.2) is 0 Å². The minimum absolute atomic E-state index is 0.0224. The molecule has 8 heteroatoms. The molecular weight excluding hydrogens is 454 g/mol. The smallest absolute Gasteiger partial charge is 0.325 e. The van der Waals surface area contributed by atoms with Crippen LogP contribution in [0.15, 0.2) is 48.5 Å². The second kappa shape index (κ2) is 9.18. The summed E-state index contributed by atoms with van der Waals surface area (Å²) < 4.78 is 5.69. The Morgan fingerprint density at radius 3 is 2.47 bits per heavy atom. The Balaban J connectivity index is 1.23. The summed E-state index contributed by atoms with van der Waals surface area (Å²) in [6, 6.07) is 16.2. The van der Waals surface area contributed by atoms with E-state index in [1.165, 1.54) is 5.56 Å². The van der Waals surface area contributed by atoms with E-state index in [1.54, 1.807) is 0 Å². The van der Waals surface area contributed by atoms with Crippen LogP contribution in [0.5, 0.6) is 0 Å². The van der Waals surface area contributed by atoms with Crippen LogP contribution < -0.4 is 21.1 Å². The summed E-state index contributed by atoms with van der Waals surface area (Å²) in [4.78, 5) is 30.6. The molecule has 3 saturated heterocycles. The number of carbonyl (C=O) groups is 2. The van der Waals surface area contributed by atoms with Crippen molar-refractivity contribution in [2.75, 3.05) is 37.7 Å². The number of nitrogens with one attached hydrogen (secondary N) is 3. The molecule has 0 unspecified atom stereocenters. The standard InChI is InChI=1S/C28H35N5O3/c1-27(9-10-27)31-25(34)22-4-2-3-20(15-22)18-33-26(35)32(19-28(33)11-13-36-14-12-28)24-7-5-21(6-8-24)23-16-29-30-17-23/h2-8,15,23,29-30H,9-14,16-19H2,1H3,(H,31,34). The fourth-order valence-electron chi connectivity index (χ4n) is 5.69. The Kier molecular flexibility index (Phi) is 5.98. The third-order valence-corrected chi connectivity index (χ3v) is 8.35. The molecule has 8 nitrogen and oxygen atoms in total. The summed E-state index contributed by atoms with van der Waals surface area (Å²) in [5, 5.41) is 3.13. The van der Waals surface area contributed by atoms with E-state index < -0.39 is 0 Å². The third kappa shape index (κ3) is 4.49. The maximum atomic E-state index is 13.9. The fraction of sp³-hybridized carbons (Fsp3) is 0.500. The molecule has 3 amide bonds. The quantitative estimate of drug-likeness (QED) is 0.581. The first-order chi connectivity index (χ1) is 17.4. The highest BCUT2D eigenvalue weighted by Gasteiger charge is 2.50. The fourth-order valence-corrected chi connectivity index (χ4v) is 5.69. The van der Waals surface area contributed by atoms with E-state index in [-0.39, 0.29) is 23.0 Å². The number of anilines is 1. The maximum absolute atomic E-state index is 13.9. The molecule has 2 aromatic carbocycles. The van der Waals surface area contributed by atoms with E-state index in [1.807, 2.05) is 34.1 Å². The van der Waals surface area contributed by atoms with Gasteiger partial charge in [0.25, 0.3) is 5.91 Å². The van der Waals surface area contributed by atoms with Crippen molar-refractivity contribution in [2.24, 2.45) is 0 Å². The lowest BCUT2D eigenvalue weighted by Crippen LogP contribution is -2.50. The van der Waals surface area contributed by atoms with Crippen LogP contribution in [0.25, 0.3) is 0 Å². The minimum Gasteiger partial charge on any atom is -0.381 e. The number of rotatable bonds is 6. The highest BCUT2D eigenvalue weighted by molar-refractivity contribution is 5.96. The van der Waals surface area contributed by atoms with Gasteiger partial charge in [-0.3, -0.25) is 20.5 Å². The Hall–Kier alpha value is -2.94. The van der Waals surface area contributed by atoms with E-state index in [0.29, 0.717) is 37.8 Å². The molecule has 1 aliphatic carbocycles. The zero-order valence-corrected chi connectivity index (χ0v) is 20.9. The molecule has 190 valence electrons. The molecule has 2 aromatic rings. The van der Waals surface area contributed by atoms with Crippen molar-refractivity contribution in [3.05, 3.63) is 65.2 Å². The van der Waals surface area contributed by atoms with E-state index >= 15 is 0 Å². The lowest BCUT2D eigenvalue weighted by molar-refractivity contribution is 0.00611. The van der Waals surface area contributed by atoms with Crippen LogP contribution in [0.1, 0.15) is 60.0 Å². The normalized spacial score (nSPS) is 22.9. The van der Waals surface area contributed by atoms with Crippen molar-refractivity contribution in [3.63, 3.8) is 0 Å². The lowest BCUT2D eigenvalue weighted by atomic mass is 9.88. The molecule has 1 spiro atoms. The van der Waals surface area contributed by atoms with Crippen molar-refractivity contribution < 1.29 is 14.3 Å². The van der Waals surface area contributed by atoms with Crippen molar-refractivity contribution in [1.82, 2.24) is 21.1 Å². The predicted molar refractivity (Wildman–Crippen MR) is 138 cm³/mol. The van der Waals surface area contributed by atoms with Gasteiger partial charge in [0, 0.05) is 55.6 Å². The number of benzene rings is 2. The van der Waals surface area contributed by atoms with Gasteiger partial charge >= 0.3 is 6.03 Å². The Bertz CT molecular complexity index is 1130. The molecule has 1 saturated carbocycles. The minimum atomic E-state index is -0.271. The van der Waals surface area contributed by atoms with Crippen LogP contribution in [-0.2, 0) is 11.3 Å². The molecule has 3 N–H and O–H groups in total. The van der Waals surface area contributed by atoms with Crippen LogP contribution in [0.2, 0.25) is 0 Å². The summed E-state index contributed by atoms with van der Waals surface area (Å²) in [6.45, 7) is 6.34. The van der Waals surface area contributed by atoms with Gasteiger partial charge in [-0.15, -0.1) is 0 Å². The van der Waals surface area contributed by atoms with Gasteiger partial charge in [0.05, 0.1) is 12.1 Å². The second-order valence-corrected chi connectivity index (χ2v) is 11.1. The number of nitrogens with zero attached hydrogens (tertiary/aromatic N) is 2. The van der Waals surface area contributed by atoms with Crippen LogP contribution in [0.4, 0.5) is 10.5 Å². The lowest BCUT2D eigenvalue weighted by Gasteiger charge is -2.40. The van der Waals surface area contributed by atoms with Gasteiger partial charge in [-0.2, -0.15) is 0 Å². The summed E-state index contributed by atoms with van der Waals surface area (Å²) >= 11 is 0. The van der Waals surface area contributed by atoms with Crippen LogP contribution in [-0.4, -0.2) is 60.8 Å². The molecule has 6 rings (SSSR count). The van der Waals surface area contributed by atoms with Crippen LogP contribution in [0, 0.1) is 0 Å². The van der Waals surface area contributed by atoms with Crippen molar-refractivity contribution >= 4 is 17.6 Å². The molecule has 36 heavy (non-hydrogen) atoms. The van der Waals surface area contributed by atoms with Crippen LogP contribution >= 0.6 is 0 Å².